The lowest BCUT2D eigenvalue weighted by atomic mass is 10.1. The molecule has 0 spiro atoms. The highest BCUT2D eigenvalue weighted by Crippen LogP contribution is 2.23. The highest BCUT2D eigenvalue weighted by Gasteiger charge is 2.21. The van der Waals surface area contributed by atoms with Gasteiger partial charge in [-0.25, -0.2) is 9.18 Å². The second-order valence-corrected chi connectivity index (χ2v) is 6.37. The largest absolute Gasteiger partial charge is 0.437 e. The monoisotopic (exact) mass is 400 g/mol. The summed E-state index contributed by atoms with van der Waals surface area (Å²) >= 11 is 0. The van der Waals surface area contributed by atoms with Gasteiger partial charge in [0.25, 0.3) is 5.69 Å². The second-order valence-electron chi connectivity index (χ2n) is 6.37. The Hall–Kier alpha value is -3.82. The number of likely N-dealkylation sites (N-methyl/N-ethyl adjacent to an activating group) is 1. The van der Waals surface area contributed by atoms with E-state index in [0.29, 0.717) is 11.1 Å². The Bertz CT molecular complexity index is 1110. The van der Waals surface area contributed by atoms with Crippen LogP contribution >= 0.6 is 0 Å². The molecule has 0 unspecified atom stereocenters. The van der Waals surface area contributed by atoms with Crippen LogP contribution in [0.2, 0.25) is 0 Å². The van der Waals surface area contributed by atoms with Gasteiger partial charge in [0.2, 0.25) is 11.8 Å². The number of hydrogen-bond donors (Lipinski definition) is 0. The molecule has 0 bridgehead atoms. The number of non-ortho nitro benzene ring substituents is 1. The van der Waals surface area contributed by atoms with Gasteiger partial charge in [0.15, 0.2) is 0 Å². The van der Waals surface area contributed by atoms with Crippen LogP contribution < -0.4 is 5.76 Å². The fourth-order valence-electron chi connectivity index (χ4n) is 2.69. The minimum Gasteiger partial charge on any atom is -0.388 e. The summed E-state index contributed by atoms with van der Waals surface area (Å²) in [5.41, 5.74) is 0.898. The molecule has 0 saturated carbocycles. The van der Waals surface area contributed by atoms with Gasteiger partial charge < -0.3 is 9.32 Å². The van der Waals surface area contributed by atoms with Gasteiger partial charge >= 0.3 is 5.76 Å². The molecule has 0 radical (unpaired) electrons. The molecule has 0 aliphatic rings. The van der Waals surface area contributed by atoms with Crippen molar-refractivity contribution in [3.05, 3.63) is 80.6 Å². The zero-order chi connectivity index (χ0) is 21.1. The summed E-state index contributed by atoms with van der Waals surface area (Å²) in [6, 6.07) is 10.7. The van der Waals surface area contributed by atoms with E-state index in [1.54, 1.807) is 19.1 Å². The average molecular weight is 400 g/mol. The van der Waals surface area contributed by atoms with Gasteiger partial charge in [-0.1, -0.05) is 12.1 Å². The zero-order valence-electron chi connectivity index (χ0n) is 15.6. The highest BCUT2D eigenvalue weighted by molar-refractivity contribution is 5.76. The van der Waals surface area contributed by atoms with Gasteiger partial charge in [0.05, 0.1) is 11.0 Å². The van der Waals surface area contributed by atoms with Crippen molar-refractivity contribution >= 4 is 11.6 Å². The number of carbonyl (C=O) groups excluding carboxylic acids is 1. The van der Waals surface area contributed by atoms with Crippen molar-refractivity contribution in [3.63, 3.8) is 0 Å². The van der Waals surface area contributed by atoms with E-state index in [2.05, 4.69) is 5.10 Å². The number of amides is 1. The molecule has 10 heteroatoms. The average Bonchev–Trinajstić information content (AvgIpc) is 3.07. The predicted molar refractivity (Wildman–Crippen MR) is 100 cm³/mol. The normalized spacial score (nSPS) is 11.8. The first kappa shape index (κ1) is 19.9. The Morgan fingerprint density at radius 1 is 1.31 bits per heavy atom. The molecule has 9 nitrogen and oxygen atoms in total. The molecule has 1 atom stereocenters. The first-order valence-corrected chi connectivity index (χ1v) is 8.60. The summed E-state index contributed by atoms with van der Waals surface area (Å²) in [4.78, 5) is 36.4. The van der Waals surface area contributed by atoms with Crippen LogP contribution in [0.4, 0.5) is 10.1 Å². The van der Waals surface area contributed by atoms with Gasteiger partial charge in [-0.3, -0.25) is 14.9 Å². The third-order valence-electron chi connectivity index (χ3n) is 4.52. The van der Waals surface area contributed by atoms with Crippen LogP contribution in [0.5, 0.6) is 0 Å². The molecule has 1 aromatic heterocycles. The molecule has 3 rings (SSSR count). The van der Waals surface area contributed by atoms with Crippen LogP contribution in [-0.2, 0) is 11.3 Å². The van der Waals surface area contributed by atoms with Crippen molar-refractivity contribution in [3.8, 4) is 11.5 Å². The minimum atomic E-state index is -0.825. The van der Waals surface area contributed by atoms with E-state index in [0.717, 1.165) is 4.68 Å². The number of nitro benzene ring substituents is 1. The van der Waals surface area contributed by atoms with E-state index in [1.165, 1.54) is 48.3 Å². The third kappa shape index (κ3) is 4.37. The molecule has 0 aliphatic carbocycles. The van der Waals surface area contributed by atoms with Crippen LogP contribution in [0.25, 0.3) is 11.5 Å². The number of nitro groups is 1. The lowest BCUT2D eigenvalue weighted by Gasteiger charge is -2.25. The number of hydrogen-bond acceptors (Lipinski definition) is 6. The van der Waals surface area contributed by atoms with Crippen LogP contribution in [0.15, 0.2) is 57.7 Å². The fourth-order valence-corrected chi connectivity index (χ4v) is 2.69. The van der Waals surface area contributed by atoms with Crippen molar-refractivity contribution < 1.29 is 18.5 Å². The second kappa shape index (κ2) is 8.05. The lowest BCUT2D eigenvalue weighted by Crippen LogP contribution is -2.35. The predicted octanol–water partition coefficient (Wildman–Crippen LogP) is 2.77. The highest BCUT2D eigenvalue weighted by atomic mass is 19.1. The molecule has 2 aromatic carbocycles. The molecule has 0 aliphatic heterocycles. The molecular weight excluding hydrogens is 383 g/mol. The maximum absolute atomic E-state index is 13.0. The van der Waals surface area contributed by atoms with Gasteiger partial charge in [0.1, 0.15) is 12.4 Å². The van der Waals surface area contributed by atoms with Gasteiger partial charge in [-0.15, -0.1) is 5.10 Å². The standard InChI is InChI=1S/C19H17FN4O5/c1-12(14-4-3-5-16(10-14)24(27)28)22(2)17(25)11-23-19(26)29-18(21-23)13-6-8-15(20)9-7-13/h3-10,12H,11H2,1-2H3/t12-/m0/s1. The zero-order valence-corrected chi connectivity index (χ0v) is 15.6. The van der Waals surface area contributed by atoms with Crippen molar-refractivity contribution in [1.29, 1.82) is 0 Å². The fraction of sp³-hybridized carbons (Fsp3) is 0.211. The first-order chi connectivity index (χ1) is 13.8. The van der Waals surface area contributed by atoms with E-state index in [-0.39, 0.29) is 18.1 Å². The quantitative estimate of drug-likeness (QED) is 0.465. The Labute approximate surface area is 164 Å². The molecule has 1 amide bonds. The minimum absolute atomic E-state index is 0.0304. The maximum Gasteiger partial charge on any atom is 0.437 e. The molecule has 150 valence electrons. The number of aromatic nitrogens is 2. The van der Waals surface area contributed by atoms with E-state index < -0.39 is 28.4 Å². The number of benzene rings is 2. The topological polar surface area (TPSA) is 111 Å². The number of carbonyl (C=O) groups is 1. The number of halogens is 1. The summed E-state index contributed by atoms with van der Waals surface area (Å²) in [6.45, 7) is 1.34. The van der Waals surface area contributed by atoms with Crippen LogP contribution in [0, 0.1) is 15.9 Å². The van der Waals surface area contributed by atoms with E-state index >= 15 is 0 Å². The summed E-state index contributed by atoms with van der Waals surface area (Å²) in [7, 11) is 1.53. The van der Waals surface area contributed by atoms with Gasteiger partial charge in [0, 0.05) is 24.7 Å². The third-order valence-corrected chi connectivity index (χ3v) is 4.52. The number of rotatable bonds is 6. The molecule has 0 saturated heterocycles. The summed E-state index contributed by atoms with van der Waals surface area (Å²) in [5, 5.41) is 14.9. The summed E-state index contributed by atoms with van der Waals surface area (Å²) in [5.74, 6) is -1.74. The number of nitrogens with zero attached hydrogens (tertiary/aromatic N) is 4. The Balaban J connectivity index is 1.76. The Morgan fingerprint density at radius 2 is 2.00 bits per heavy atom. The van der Waals surface area contributed by atoms with E-state index in [1.807, 2.05) is 0 Å². The SMILES string of the molecule is C[C@@H](c1cccc([N+](=O)[O-])c1)N(C)C(=O)Cn1nc(-c2ccc(F)cc2)oc1=O. The summed E-state index contributed by atoms with van der Waals surface area (Å²) in [6.07, 6.45) is 0. The van der Waals surface area contributed by atoms with Crippen molar-refractivity contribution in [2.75, 3.05) is 7.05 Å². The van der Waals surface area contributed by atoms with E-state index in [9.17, 15) is 24.1 Å². The van der Waals surface area contributed by atoms with Crippen molar-refractivity contribution in [1.82, 2.24) is 14.7 Å². The lowest BCUT2D eigenvalue weighted by molar-refractivity contribution is -0.384. The molecule has 1 heterocycles. The summed E-state index contributed by atoms with van der Waals surface area (Å²) < 4.78 is 18.9. The van der Waals surface area contributed by atoms with Gasteiger partial charge in [-0.2, -0.15) is 4.68 Å². The molecule has 0 fully saturated rings. The molecular formula is C19H17FN4O5. The molecule has 3 aromatic rings. The molecule has 29 heavy (non-hydrogen) atoms. The van der Waals surface area contributed by atoms with Crippen LogP contribution in [-0.4, -0.2) is 32.6 Å². The van der Waals surface area contributed by atoms with Crippen molar-refractivity contribution in [2.24, 2.45) is 0 Å². The van der Waals surface area contributed by atoms with Crippen LogP contribution in [0.3, 0.4) is 0 Å². The Morgan fingerprint density at radius 3 is 2.66 bits per heavy atom. The smallest absolute Gasteiger partial charge is 0.388 e. The van der Waals surface area contributed by atoms with Crippen molar-refractivity contribution in [2.45, 2.75) is 19.5 Å². The van der Waals surface area contributed by atoms with E-state index in [4.69, 9.17) is 4.42 Å². The Kier molecular flexibility index (Phi) is 5.53. The molecule has 0 N–H and O–H groups in total. The first-order valence-electron chi connectivity index (χ1n) is 8.60. The van der Waals surface area contributed by atoms with Crippen LogP contribution in [0.1, 0.15) is 18.5 Å². The maximum atomic E-state index is 13.0. The van der Waals surface area contributed by atoms with Gasteiger partial charge in [-0.05, 0) is 36.8 Å².